The van der Waals surface area contributed by atoms with Crippen molar-refractivity contribution < 1.29 is 14.0 Å². The summed E-state index contributed by atoms with van der Waals surface area (Å²) in [7, 11) is 0. The highest BCUT2D eigenvalue weighted by atomic mass is 32.2. The van der Waals surface area contributed by atoms with E-state index in [1.807, 2.05) is 4.57 Å². The van der Waals surface area contributed by atoms with E-state index in [1.54, 1.807) is 49.4 Å². The predicted molar refractivity (Wildman–Crippen MR) is 113 cm³/mol. The molecule has 1 atom stereocenters. The molecule has 154 valence electrons. The highest BCUT2D eigenvalue weighted by Gasteiger charge is 2.32. The molecule has 1 aliphatic carbocycles. The number of benzene rings is 2. The lowest BCUT2D eigenvalue weighted by Gasteiger charge is -2.13. The molecule has 2 aromatic carbocycles. The van der Waals surface area contributed by atoms with E-state index in [1.165, 1.54) is 17.8 Å². The third-order valence-corrected chi connectivity index (χ3v) is 5.84. The summed E-state index contributed by atoms with van der Waals surface area (Å²) < 4.78 is 16.2. The Morgan fingerprint density at radius 2 is 1.87 bits per heavy atom. The molecule has 7 nitrogen and oxygen atoms in total. The van der Waals surface area contributed by atoms with Crippen LogP contribution in [0.5, 0.6) is 0 Å². The van der Waals surface area contributed by atoms with Crippen molar-refractivity contribution in [1.82, 2.24) is 14.8 Å². The molecule has 30 heavy (non-hydrogen) atoms. The summed E-state index contributed by atoms with van der Waals surface area (Å²) in [6.45, 7) is 1.77. The number of hydrogen-bond acceptors (Lipinski definition) is 5. The maximum atomic E-state index is 14.3. The average molecular weight is 425 g/mol. The average Bonchev–Trinajstić information content (AvgIpc) is 3.49. The fourth-order valence-electron chi connectivity index (χ4n) is 3.02. The molecule has 0 radical (unpaired) electrons. The molecule has 1 aliphatic rings. The first-order chi connectivity index (χ1) is 14.4. The van der Waals surface area contributed by atoms with Gasteiger partial charge in [0.15, 0.2) is 11.0 Å². The van der Waals surface area contributed by atoms with Gasteiger partial charge in [-0.05, 0) is 56.2 Å². The van der Waals surface area contributed by atoms with Crippen molar-refractivity contribution in [1.29, 1.82) is 0 Å². The van der Waals surface area contributed by atoms with Crippen LogP contribution in [0.2, 0.25) is 0 Å². The first-order valence-corrected chi connectivity index (χ1v) is 10.4. The van der Waals surface area contributed by atoms with Crippen LogP contribution in [0.4, 0.5) is 10.1 Å². The summed E-state index contributed by atoms with van der Waals surface area (Å²) >= 11 is 1.28. The maximum Gasteiger partial charge on any atom is 0.248 e. The summed E-state index contributed by atoms with van der Waals surface area (Å²) in [6, 6.07) is 13.0. The Bertz CT molecular complexity index is 1100. The van der Waals surface area contributed by atoms with Crippen LogP contribution < -0.4 is 11.1 Å². The molecule has 3 N–H and O–H groups in total. The van der Waals surface area contributed by atoms with Crippen LogP contribution in [0.15, 0.2) is 53.7 Å². The van der Waals surface area contributed by atoms with Crippen molar-refractivity contribution in [3.8, 4) is 11.4 Å². The minimum absolute atomic E-state index is 0.216. The number of aromatic nitrogens is 3. The van der Waals surface area contributed by atoms with Gasteiger partial charge in [0, 0.05) is 17.3 Å². The fraction of sp³-hybridized carbons (Fsp3) is 0.238. The Morgan fingerprint density at radius 1 is 1.17 bits per heavy atom. The second-order valence-electron chi connectivity index (χ2n) is 7.08. The number of carbonyl (C=O) groups excluding carboxylic acids is 2. The third kappa shape index (κ3) is 4.20. The van der Waals surface area contributed by atoms with E-state index in [9.17, 15) is 14.0 Å². The quantitative estimate of drug-likeness (QED) is 0.563. The van der Waals surface area contributed by atoms with Crippen molar-refractivity contribution in [2.45, 2.75) is 36.2 Å². The number of rotatable bonds is 7. The Kier molecular flexibility index (Phi) is 5.54. The Hall–Kier alpha value is -3.20. The molecular weight excluding hydrogens is 405 g/mol. The highest BCUT2D eigenvalue weighted by Crippen LogP contribution is 2.42. The highest BCUT2D eigenvalue weighted by molar-refractivity contribution is 8.00. The first-order valence-electron chi connectivity index (χ1n) is 9.51. The minimum atomic E-state index is -0.526. The standard InChI is InChI=1S/C21H20FN5O2S/c1-12(20(29)24-14-8-6-13(7-9-14)18(23)28)30-21-26-25-19(27(21)15-10-11-15)16-4-2-3-5-17(16)22/h2-9,12,15H,10-11H2,1H3,(H2,23,28)(H,24,29). The van der Waals surface area contributed by atoms with E-state index in [-0.39, 0.29) is 17.8 Å². The molecular formula is C21H20FN5O2S. The predicted octanol–water partition coefficient (Wildman–Crippen LogP) is 3.64. The van der Waals surface area contributed by atoms with E-state index >= 15 is 0 Å². The van der Waals surface area contributed by atoms with Gasteiger partial charge in [-0.2, -0.15) is 0 Å². The normalized spacial score (nSPS) is 14.3. The molecule has 1 unspecified atom stereocenters. The number of hydrogen-bond donors (Lipinski definition) is 2. The lowest BCUT2D eigenvalue weighted by molar-refractivity contribution is -0.115. The van der Waals surface area contributed by atoms with Crippen molar-refractivity contribution in [3.05, 3.63) is 59.9 Å². The molecule has 0 aliphatic heterocycles. The van der Waals surface area contributed by atoms with Crippen molar-refractivity contribution >= 4 is 29.3 Å². The van der Waals surface area contributed by atoms with Gasteiger partial charge in [0.25, 0.3) is 0 Å². The van der Waals surface area contributed by atoms with Crippen LogP contribution in [-0.4, -0.2) is 31.8 Å². The van der Waals surface area contributed by atoms with Gasteiger partial charge in [0.1, 0.15) is 5.82 Å². The zero-order valence-electron chi connectivity index (χ0n) is 16.2. The molecule has 0 bridgehead atoms. The number of nitrogens with one attached hydrogen (secondary N) is 1. The monoisotopic (exact) mass is 425 g/mol. The number of nitrogens with zero attached hydrogens (tertiary/aromatic N) is 3. The van der Waals surface area contributed by atoms with Gasteiger partial charge < -0.3 is 11.1 Å². The second-order valence-corrected chi connectivity index (χ2v) is 8.39. The molecule has 9 heteroatoms. The number of carbonyl (C=O) groups is 2. The second kappa shape index (κ2) is 8.27. The van der Waals surface area contributed by atoms with Gasteiger partial charge in [-0.3, -0.25) is 14.2 Å². The number of nitrogens with two attached hydrogens (primary N) is 1. The van der Waals surface area contributed by atoms with E-state index in [4.69, 9.17) is 5.73 Å². The Balaban J connectivity index is 1.50. The van der Waals surface area contributed by atoms with Crippen LogP contribution in [0.1, 0.15) is 36.2 Å². The van der Waals surface area contributed by atoms with Crippen molar-refractivity contribution in [2.24, 2.45) is 5.73 Å². The van der Waals surface area contributed by atoms with E-state index < -0.39 is 11.2 Å². The molecule has 1 heterocycles. The van der Waals surface area contributed by atoms with Crippen molar-refractivity contribution in [2.75, 3.05) is 5.32 Å². The van der Waals surface area contributed by atoms with E-state index in [0.717, 1.165) is 12.8 Å². The number of primary amides is 1. The van der Waals surface area contributed by atoms with Gasteiger partial charge in [-0.25, -0.2) is 4.39 Å². The van der Waals surface area contributed by atoms with Gasteiger partial charge in [-0.15, -0.1) is 10.2 Å². The fourth-order valence-corrected chi connectivity index (χ4v) is 3.94. The minimum Gasteiger partial charge on any atom is -0.366 e. The lowest BCUT2D eigenvalue weighted by atomic mass is 10.2. The summed E-state index contributed by atoms with van der Waals surface area (Å²) in [6.07, 6.45) is 1.94. The smallest absolute Gasteiger partial charge is 0.248 e. The lowest BCUT2D eigenvalue weighted by Crippen LogP contribution is -2.23. The Labute approximate surface area is 176 Å². The van der Waals surface area contributed by atoms with Gasteiger partial charge in [-0.1, -0.05) is 23.9 Å². The van der Waals surface area contributed by atoms with E-state index in [0.29, 0.717) is 27.8 Å². The number of amides is 2. The molecule has 3 aromatic rings. The van der Waals surface area contributed by atoms with Gasteiger partial charge in [0.05, 0.1) is 10.8 Å². The molecule has 1 aromatic heterocycles. The molecule has 2 amide bonds. The molecule has 0 saturated heterocycles. The summed E-state index contributed by atoms with van der Waals surface area (Å²) in [5.74, 6) is -0.618. The zero-order chi connectivity index (χ0) is 21.3. The molecule has 1 saturated carbocycles. The molecule has 1 fully saturated rings. The zero-order valence-corrected chi connectivity index (χ0v) is 17.0. The van der Waals surface area contributed by atoms with Crippen LogP contribution in [0, 0.1) is 5.82 Å². The summed E-state index contributed by atoms with van der Waals surface area (Å²) in [5, 5.41) is 11.4. The van der Waals surface area contributed by atoms with Crippen LogP contribution in [0.3, 0.4) is 0 Å². The number of halogens is 1. The third-order valence-electron chi connectivity index (χ3n) is 4.78. The van der Waals surface area contributed by atoms with Crippen LogP contribution in [-0.2, 0) is 4.79 Å². The summed E-state index contributed by atoms with van der Waals surface area (Å²) in [5.41, 5.74) is 6.56. The largest absolute Gasteiger partial charge is 0.366 e. The topological polar surface area (TPSA) is 103 Å². The van der Waals surface area contributed by atoms with Gasteiger partial charge in [0.2, 0.25) is 11.8 Å². The molecule has 0 spiro atoms. The molecule has 4 rings (SSSR count). The first kappa shape index (κ1) is 20.1. The van der Waals surface area contributed by atoms with Crippen LogP contribution >= 0.6 is 11.8 Å². The number of thioether (sulfide) groups is 1. The SMILES string of the molecule is CC(Sc1nnc(-c2ccccc2F)n1C1CC1)C(=O)Nc1ccc(C(N)=O)cc1. The Morgan fingerprint density at radius 3 is 2.50 bits per heavy atom. The van der Waals surface area contributed by atoms with Crippen LogP contribution in [0.25, 0.3) is 11.4 Å². The van der Waals surface area contributed by atoms with Crippen molar-refractivity contribution in [3.63, 3.8) is 0 Å². The van der Waals surface area contributed by atoms with E-state index in [2.05, 4.69) is 15.5 Å². The number of anilines is 1. The van der Waals surface area contributed by atoms with Gasteiger partial charge >= 0.3 is 0 Å². The summed E-state index contributed by atoms with van der Waals surface area (Å²) in [4.78, 5) is 23.8. The maximum absolute atomic E-state index is 14.3.